The van der Waals surface area contributed by atoms with Crippen LogP contribution in [0.5, 0.6) is 0 Å². The summed E-state index contributed by atoms with van der Waals surface area (Å²) < 4.78 is 1.87. The normalized spacial score (nSPS) is 14.5. The summed E-state index contributed by atoms with van der Waals surface area (Å²) in [5.74, 6) is 0. The van der Waals surface area contributed by atoms with Crippen LogP contribution in [-0.2, 0) is 6.54 Å². The van der Waals surface area contributed by atoms with E-state index in [0.717, 1.165) is 45.3 Å². The average molecular weight is 420 g/mol. The number of pyridine rings is 1. The summed E-state index contributed by atoms with van der Waals surface area (Å²) in [6.07, 6.45) is 10.4. The summed E-state index contributed by atoms with van der Waals surface area (Å²) in [5.41, 5.74) is 8.79. The molecule has 0 radical (unpaired) electrons. The molecule has 0 unspecified atom stereocenters. The van der Waals surface area contributed by atoms with Gasteiger partial charge in [-0.05, 0) is 61.7 Å². The van der Waals surface area contributed by atoms with Gasteiger partial charge in [-0.25, -0.2) is 9.50 Å². The molecule has 5 heteroatoms. The Labute approximate surface area is 187 Å². The molecule has 1 aliphatic heterocycles. The van der Waals surface area contributed by atoms with E-state index < -0.39 is 0 Å². The van der Waals surface area contributed by atoms with Crippen molar-refractivity contribution in [2.75, 3.05) is 13.1 Å². The topological polar surface area (TPSA) is 46.3 Å². The number of hydrogen-bond donors (Lipinski definition) is 0. The predicted octanol–water partition coefficient (Wildman–Crippen LogP) is 5.52. The Morgan fingerprint density at radius 3 is 2.53 bits per heavy atom. The fraction of sp³-hybridized carbons (Fsp3) is 0.222. The monoisotopic (exact) mass is 419 g/mol. The van der Waals surface area contributed by atoms with Gasteiger partial charge in [0.05, 0.1) is 11.7 Å². The number of nitrogens with zero attached hydrogens (tertiary/aromatic N) is 5. The lowest BCUT2D eigenvalue weighted by Crippen LogP contribution is -2.18. The fourth-order valence-electron chi connectivity index (χ4n) is 4.69. The summed E-state index contributed by atoms with van der Waals surface area (Å²) in [5, 5.41) is 5.75. The van der Waals surface area contributed by atoms with Crippen molar-refractivity contribution in [1.82, 2.24) is 24.5 Å². The lowest BCUT2D eigenvalue weighted by molar-refractivity contribution is 0.331. The van der Waals surface area contributed by atoms with Crippen molar-refractivity contribution < 1.29 is 0 Å². The van der Waals surface area contributed by atoms with Gasteiger partial charge in [0.25, 0.3) is 0 Å². The summed E-state index contributed by atoms with van der Waals surface area (Å²) >= 11 is 0. The van der Waals surface area contributed by atoms with Crippen LogP contribution in [0.25, 0.3) is 38.8 Å². The van der Waals surface area contributed by atoms with E-state index in [4.69, 9.17) is 4.98 Å². The van der Waals surface area contributed by atoms with Crippen LogP contribution in [0.2, 0.25) is 0 Å². The number of aryl methyl sites for hydroxylation is 1. The van der Waals surface area contributed by atoms with Crippen molar-refractivity contribution in [2.45, 2.75) is 26.3 Å². The number of fused-ring (bicyclic) bond motifs is 2. The maximum atomic E-state index is 4.78. The van der Waals surface area contributed by atoms with Gasteiger partial charge < -0.3 is 0 Å². The van der Waals surface area contributed by atoms with Crippen molar-refractivity contribution in [2.24, 2.45) is 0 Å². The van der Waals surface area contributed by atoms with E-state index in [1.807, 2.05) is 29.3 Å². The number of hydrogen-bond acceptors (Lipinski definition) is 4. The van der Waals surface area contributed by atoms with Crippen LogP contribution in [-0.4, -0.2) is 37.6 Å². The quantitative estimate of drug-likeness (QED) is 0.385. The molecular weight excluding hydrogens is 394 g/mol. The molecule has 0 atom stereocenters. The molecule has 2 aromatic carbocycles. The zero-order chi connectivity index (χ0) is 21.5. The Morgan fingerprint density at radius 1 is 0.844 bits per heavy atom. The molecule has 5 aromatic rings. The second kappa shape index (κ2) is 7.84. The first-order chi connectivity index (χ1) is 15.7. The molecule has 1 fully saturated rings. The highest BCUT2D eigenvalue weighted by atomic mass is 15.2. The Kier molecular flexibility index (Phi) is 4.69. The highest BCUT2D eigenvalue weighted by molar-refractivity contribution is 5.97. The van der Waals surface area contributed by atoms with Crippen LogP contribution < -0.4 is 0 Å². The van der Waals surface area contributed by atoms with E-state index in [0.29, 0.717) is 0 Å². The van der Waals surface area contributed by atoms with Gasteiger partial charge in [-0.3, -0.25) is 9.88 Å². The van der Waals surface area contributed by atoms with Crippen LogP contribution in [0.4, 0.5) is 0 Å². The van der Waals surface area contributed by atoms with E-state index in [1.165, 1.54) is 37.1 Å². The first-order valence-electron chi connectivity index (χ1n) is 11.3. The maximum absolute atomic E-state index is 4.78. The molecule has 158 valence electrons. The molecular formula is C27H25N5. The first kappa shape index (κ1) is 19.1. The summed E-state index contributed by atoms with van der Waals surface area (Å²) in [6, 6.07) is 17.2. The summed E-state index contributed by atoms with van der Waals surface area (Å²) in [7, 11) is 0. The molecule has 0 saturated carbocycles. The number of likely N-dealkylation sites (tertiary alicyclic amines) is 1. The van der Waals surface area contributed by atoms with Crippen LogP contribution >= 0.6 is 0 Å². The van der Waals surface area contributed by atoms with E-state index in [-0.39, 0.29) is 0 Å². The number of benzene rings is 2. The predicted molar refractivity (Wildman–Crippen MR) is 128 cm³/mol. The molecule has 0 N–H and O–H groups in total. The van der Waals surface area contributed by atoms with Gasteiger partial charge in [-0.1, -0.05) is 42.0 Å². The van der Waals surface area contributed by atoms with Gasteiger partial charge in [-0.2, -0.15) is 5.10 Å². The molecule has 3 aromatic heterocycles. The van der Waals surface area contributed by atoms with Crippen molar-refractivity contribution in [3.8, 4) is 22.3 Å². The average Bonchev–Trinajstić information content (AvgIpc) is 3.48. The molecule has 4 heterocycles. The largest absolute Gasteiger partial charge is 0.299 e. The molecule has 0 aliphatic carbocycles. The molecule has 5 nitrogen and oxygen atoms in total. The van der Waals surface area contributed by atoms with Crippen LogP contribution in [0.3, 0.4) is 0 Å². The third kappa shape index (κ3) is 3.45. The zero-order valence-electron chi connectivity index (χ0n) is 18.2. The van der Waals surface area contributed by atoms with Crippen molar-refractivity contribution in [3.05, 3.63) is 84.4 Å². The van der Waals surface area contributed by atoms with E-state index in [1.54, 1.807) is 0 Å². The van der Waals surface area contributed by atoms with Gasteiger partial charge in [0.1, 0.15) is 0 Å². The lowest BCUT2D eigenvalue weighted by Gasteiger charge is -2.15. The van der Waals surface area contributed by atoms with Gasteiger partial charge >= 0.3 is 0 Å². The molecule has 0 amide bonds. The molecule has 32 heavy (non-hydrogen) atoms. The Balaban J connectivity index is 1.38. The molecule has 1 aliphatic rings. The third-order valence-electron chi connectivity index (χ3n) is 6.44. The lowest BCUT2D eigenvalue weighted by atomic mass is 10.0. The van der Waals surface area contributed by atoms with Gasteiger partial charge in [0.2, 0.25) is 0 Å². The molecule has 1 saturated heterocycles. The highest BCUT2D eigenvalue weighted by Crippen LogP contribution is 2.31. The summed E-state index contributed by atoms with van der Waals surface area (Å²) in [4.78, 5) is 12.0. The molecule has 6 rings (SSSR count). The Bertz CT molecular complexity index is 1410. The highest BCUT2D eigenvalue weighted by Gasteiger charge is 2.15. The second-order valence-electron chi connectivity index (χ2n) is 8.73. The van der Waals surface area contributed by atoms with Crippen LogP contribution in [0, 0.1) is 6.92 Å². The van der Waals surface area contributed by atoms with E-state index in [2.05, 4.69) is 70.4 Å². The Hall–Kier alpha value is -3.57. The number of rotatable bonds is 4. The SMILES string of the molecule is Cc1ccc(-c2cnc3c(-c4ccnc5cc(CN6CCCC6)ccc45)cnn3c2)cc1. The Morgan fingerprint density at radius 2 is 1.69 bits per heavy atom. The minimum Gasteiger partial charge on any atom is -0.299 e. The first-order valence-corrected chi connectivity index (χ1v) is 11.3. The van der Waals surface area contributed by atoms with Gasteiger partial charge in [0, 0.05) is 41.6 Å². The van der Waals surface area contributed by atoms with Crippen molar-refractivity contribution in [1.29, 1.82) is 0 Å². The third-order valence-corrected chi connectivity index (χ3v) is 6.44. The maximum Gasteiger partial charge on any atom is 0.162 e. The minimum absolute atomic E-state index is 0.856. The standard InChI is InChI=1S/C27H25N5/c1-19-4-7-21(8-5-19)22-15-29-27-25(16-30-32(27)18-22)23-10-11-28-26-14-20(6-9-24(23)26)17-31-12-2-3-13-31/h4-11,14-16,18H,2-3,12-13,17H2,1H3. The number of aromatic nitrogens is 4. The smallest absolute Gasteiger partial charge is 0.162 e. The van der Waals surface area contributed by atoms with Gasteiger partial charge in [-0.15, -0.1) is 0 Å². The molecule has 0 spiro atoms. The van der Waals surface area contributed by atoms with Crippen LogP contribution in [0.15, 0.2) is 73.3 Å². The van der Waals surface area contributed by atoms with Crippen LogP contribution in [0.1, 0.15) is 24.0 Å². The van der Waals surface area contributed by atoms with Crippen molar-refractivity contribution in [3.63, 3.8) is 0 Å². The minimum atomic E-state index is 0.856. The molecule has 0 bridgehead atoms. The van der Waals surface area contributed by atoms with E-state index >= 15 is 0 Å². The zero-order valence-corrected chi connectivity index (χ0v) is 18.2. The fourth-order valence-corrected chi connectivity index (χ4v) is 4.69. The van der Waals surface area contributed by atoms with E-state index in [9.17, 15) is 0 Å². The second-order valence-corrected chi connectivity index (χ2v) is 8.73. The summed E-state index contributed by atoms with van der Waals surface area (Å²) in [6.45, 7) is 5.50. The van der Waals surface area contributed by atoms with Crippen molar-refractivity contribution >= 4 is 16.6 Å². The van der Waals surface area contributed by atoms with Gasteiger partial charge in [0.15, 0.2) is 5.65 Å².